The molecule has 0 spiro atoms. The lowest BCUT2D eigenvalue weighted by molar-refractivity contribution is 0.0189. The Labute approximate surface area is 237 Å². The second kappa shape index (κ2) is 14.9. The third-order valence-electron chi connectivity index (χ3n) is 8.91. The number of ether oxygens (including phenoxy) is 2. The van der Waals surface area contributed by atoms with E-state index in [-0.39, 0.29) is 23.5 Å². The summed E-state index contributed by atoms with van der Waals surface area (Å²) in [7, 11) is 0. The van der Waals surface area contributed by atoms with Crippen LogP contribution >= 0.6 is 0 Å². The number of rotatable bonds is 12. The minimum absolute atomic E-state index is 0.0937. The van der Waals surface area contributed by atoms with Crippen LogP contribution in [0.1, 0.15) is 137 Å². The molecule has 220 valence electrons. The van der Waals surface area contributed by atoms with Crippen molar-refractivity contribution < 1.29 is 27.4 Å². The topological polar surface area (TPSA) is 35.5 Å². The van der Waals surface area contributed by atoms with Crippen LogP contribution in [0.5, 0.6) is 5.75 Å². The minimum atomic E-state index is -0.725. The van der Waals surface area contributed by atoms with Gasteiger partial charge in [0.2, 0.25) is 0 Å². The first kappa shape index (κ1) is 30.5. The molecule has 0 amide bonds. The summed E-state index contributed by atoms with van der Waals surface area (Å²) < 4.78 is 56.1. The van der Waals surface area contributed by atoms with E-state index >= 15 is 8.78 Å². The number of esters is 1. The quantitative estimate of drug-likeness (QED) is 0.192. The molecular weight excluding hydrogens is 513 g/mol. The Morgan fingerprint density at radius 1 is 0.775 bits per heavy atom. The highest BCUT2D eigenvalue weighted by atomic mass is 19.2. The predicted octanol–water partition coefficient (Wildman–Crippen LogP) is 10.0. The van der Waals surface area contributed by atoms with Crippen LogP contribution in [0.3, 0.4) is 0 Å². The molecule has 0 unspecified atom stereocenters. The van der Waals surface area contributed by atoms with E-state index in [9.17, 15) is 9.18 Å². The van der Waals surface area contributed by atoms with Crippen molar-refractivity contribution in [3.8, 4) is 5.75 Å². The van der Waals surface area contributed by atoms with Gasteiger partial charge >= 0.3 is 5.97 Å². The molecule has 3 nitrogen and oxygen atoms in total. The highest BCUT2D eigenvalue weighted by molar-refractivity contribution is 5.90. The van der Waals surface area contributed by atoms with Crippen LogP contribution in [0.15, 0.2) is 30.3 Å². The minimum Gasteiger partial charge on any atom is -0.493 e. The van der Waals surface area contributed by atoms with Gasteiger partial charge in [0.15, 0.2) is 11.6 Å². The molecule has 0 bridgehead atoms. The van der Waals surface area contributed by atoms with Crippen LogP contribution in [-0.4, -0.2) is 18.7 Å². The van der Waals surface area contributed by atoms with E-state index in [1.165, 1.54) is 37.8 Å². The first-order chi connectivity index (χ1) is 19.4. The fraction of sp³-hybridized carbons (Fsp3) is 0.618. The van der Waals surface area contributed by atoms with Crippen molar-refractivity contribution in [2.45, 2.75) is 122 Å². The molecular formula is C34H45F3O3. The Bertz CT molecular complexity index is 1100. The molecule has 2 fully saturated rings. The number of hydrogen-bond donors (Lipinski definition) is 0. The van der Waals surface area contributed by atoms with E-state index in [4.69, 9.17) is 9.47 Å². The fourth-order valence-electron chi connectivity index (χ4n) is 6.31. The van der Waals surface area contributed by atoms with E-state index in [1.54, 1.807) is 18.2 Å². The normalized spacial score (nSPS) is 23.1. The second-order valence-electron chi connectivity index (χ2n) is 12.0. The summed E-state index contributed by atoms with van der Waals surface area (Å²) in [4.78, 5) is 12.7. The maximum atomic E-state index is 15.1. The largest absolute Gasteiger partial charge is 0.493 e. The molecule has 0 atom stereocenters. The Morgan fingerprint density at radius 3 is 1.95 bits per heavy atom. The van der Waals surface area contributed by atoms with E-state index in [0.717, 1.165) is 38.5 Å². The molecule has 0 aromatic heterocycles. The lowest BCUT2D eigenvalue weighted by Gasteiger charge is -2.30. The fourth-order valence-corrected chi connectivity index (χ4v) is 6.31. The van der Waals surface area contributed by atoms with Gasteiger partial charge in [-0.05, 0) is 86.0 Å². The first-order valence-corrected chi connectivity index (χ1v) is 15.5. The summed E-state index contributed by atoms with van der Waals surface area (Å²) in [5.74, 6) is -1.76. The van der Waals surface area contributed by atoms with Crippen molar-refractivity contribution in [3.63, 3.8) is 0 Å². The maximum absolute atomic E-state index is 15.1. The molecule has 2 aromatic carbocycles. The van der Waals surface area contributed by atoms with Gasteiger partial charge in [0.25, 0.3) is 0 Å². The van der Waals surface area contributed by atoms with E-state index in [2.05, 4.69) is 13.8 Å². The van der Waals surface area contributed by atoms with Crippen molar-refractivity contribution in [3.05, 3.63) is 64.5 Å². The second-order valence-corrected chi connectivity index (χ2v) is 12.0. The van der Waals surface area contributed by atoms with Gasteiger partial charge in [-0.15, -0.1) is 0 Å². The average molecular weight is 559 g/mol. The van der Waals surface area contributed by atoms with Crippen molar-refractivity contribution in [1.29, 1.82) is 0 Å². The summed E-state index contributed by atoms with van der Waals surface area (Å²) in [6, 6.07) is 7.78. The third kappa shape index (κ3) is 8.04. The van der Waals surface area contributed by atoms with Crippen molar-refractivity contribution in [2.24, 2.45) is 5.92 Å². The van der Waals surface area contributed by atoms with Gasteiger partial charge in [0.05, 0.1) is 12.2 Å². The van der Waals surface area contributed by atoms with Gasteiger partial charge in [-0.1, -0.05) is 70.9 Å². The highest BCUT2D eigenvalue weighted by Crippen LogP contribution is 2.41. The molecule has 2 saturated carbocycles. The van der Waals surface area contributed by atoms with Crippen LogP contribution in [0, 0.1) is 23.4 Å². The van der Waals surface area contributed by atoms with Crippen molar-refractivity contribution >= 4 is 5.97 Å². The zero-order valence-corrected chi connectivity index (χ0v) is 24.2. The van der Waals surface area contributed by atoms with Crippen molar-refractivity contribution in [1.82, 2.24) is 0 Å². The molecule has 0 N–H and O–H groups in total. The summed E-state index contributed by atoms with van der Waals surface area (Å²) in [6.45, 7) is 4.92. The van der Waals surface area contributed by atoms with Gasteiger partial charge in [-0.25, -0.2) is 18.0 Å². The van der Waals surface area contributed by atoms with E-state index in [1.807, 2.05) is 0 Å². The number of carbonyl (C=O) groups is 1. The van der Waals surface area contributed by atoms with Crippen LogP contribution in [0.2, 0.25) is 0 Å². The molecule has 2 aliphatic rings. The standard InChI is InChI=1S/C34H45F3O3/c1-3-4-5-6-7-8-21-39-27-17-18-30(31(35)22-27)34(38)40-26-15-13-25(14-16-26)29-20-19-28(32(36)33(29)37)24-11-9-23(2)10-12-24/h17-20,22-26H,3-16,21H2,1-2H3. The van der Waals surface area contributed by atoms with Crippen LogP contribution < -0.4 is 4.74 Å². The average Bonchev–Trinajstić information content (AvgIpc) is 2.95. The molecule has 0 aliphatic heterocycles. The molecule has 2 aromatic rings. The molecule has 6 heteroatoms. The lowest BCUT2D eigenvalue weighted by atomic mass is 9.77. The zero-order valence-electron chi connectivity index (χ0n) is 24.2. The van der Waals surface area contributed by atoms with Crippen LogP contribution in [0.25, 0.3) is 0 Å². The van der Waals surface area contributed by atoms with Crippen LogP contribution in [0.4, 0.5) is 13.2 Å². The molecule has 0 heterocycles. The van der Waals surface area contributed by atoms with Gasteiger partial charge in [0, 0.05) is 6.07 Å². The first-order valence-electron chi connectivity index (χ1n) is 15.5. The predicted molar refractivity (Wildman–Crippen MR) is 152 cm³/mol. The Balaban J connectivity index is 1.24. The Hall–Kier alpha value is -2.50. The van der Waals surface area contributed by atoms with Crippen LogP contribution in [-0.2, 0) is 4.74 Å². The SMILES string of the molecule is CCCCCCCCOc1ccc(C(=O)OC2CCC(c3ccc(C4CCC(C)CC4)c(F)c3F)CC2)c(F)c1. The molecule has 40 heavy (non-hydrogen) atoms. The number of hydrogen-bond acceptors (Lipinski definition) is 3. The summed E-state index contributed by atoms with van der Waals surface area (Å²) in [6.07, 6.45) is 12.6. The lowest BCUT2D eigenvalue weighted by Crippen LogP contribution is -2.25. The number of unbranched alkanes of at least 4 members (excludes halogenated alkanes) is 5. The molecule has 0 radical (unpaired) electrons. The Kier molecular flexibility index (Phi) is 11.4. The highest BCUT2D eigenvalue weighted by Gasteiger charge is 2.30. The van der Waals surface area contributed by atoms with Crippen molar-refractivity contribution in [2.75, 3.05) is 6.61 Å². The number of carbonyl (C=O) groups excluding carboxylic acids is 1. The maximum Gasteiger partial charge on any atom is 0.341 e. The third-order valence-corrected chi connectivity index (χ3v) is 8.91. The van der Waals surface area contributed by atoms with Gasteiger partial charge < -0.3 is 9.47 Å². The summed E-state index contributed by atoms with van der Waals surface area (Å²) >= 11 is 0. The molecule has 2 aliphatic carbocycles. The summed E-state index contributed by atoms with van der Waals surface area (Å²) in [5, 5.41) is 0. The van der Waals surface area contributed by atoms with Gasteiger partial charge in [-0.2, -0.15) is 0 Å². The molecule has 0 saturated heterocycles. The van der Waals surface area contributed by atoms with E-state index < -0.39 is 23.4 Å². The van der Waals surface area contributed by atoms with Gasteiger partial charge in [0.1, 0.15) is 17.7 Å². The Morgan fingerprint density at radius 2 is 1.35 bits per heavy atom. The van der Waals surface area contributed by atoms with Gasteiger partial charge in [-0.3, -0.25) is 0 Å². The summed E-state index contributed by atoms with van der Waals surface area (Å²) in [5.41, 5.74) is 0.810. The molecule has 4 rings (SSSR count). The zero-order chi connectivity index (χ0) is 28.5. The monoisotopic (exact) mass is 558 g/mol. The number of halogens is 3. The van der Waals surface area contributed by atoms with E-state index in [0.29, 0.717) is 55.1 Å². The number of benzene rings is 2. The smallest absolute Gasteiger partial charge is 0.341 e.